The van der Waals surface area contributed by atoms with Crippen LogP contribution < -0.4 is 21.9 Å². The zero-order chi connectivity index (χ0) is 22.7. The van der Waals surface area contributed by atoms with E-state index in [1.807, 2.05) is 0 Å². The van der Waals surface area contributed by atoms with Crippen molar-refractivity contribution in [2.24, 2.45) is 5.73 Å². The first kappa shape index (κ1) is 23.2. The van der Waals surface area contributed by atoms with Gasteiger partial charge in [0.15, 0.2) is 5.82 Å². The number of amides is 2. The zero-order valence-electron chi connectivity index (χ0n) is 15.5. The van der Waals surface area contributed by atoms with Gasteiger partial charge < -0.3 is 15.6 Å². The standard InChI is InChI=1S/C18H14ClF3N4O3S2/c19-14-8(1-2-9-7-30-17(25-9)15(23)27)3-12(31-14)16(28)24-10-4-11(20)18(29)26(5-10)6-13(21)22/h3-5,9,13,17,25H,6-7H2,(H2,23,27)(H,24,28). The molecule has 164 valence electrons. The fraction of sp³-hybridized carbons (Fsp3) is 0.278. The molecule has 2 unspecified atom stereocenters. The Balaban J connectivity index is 1.73. The third kappa shape index (κ3) is 5.82. The number of alkyl halides is 2. The van der Waals surface area contributed by atoms with Gasteiger partial charge in [0.05, 0.1) is 28.7 Å². The molecular formula is C18H14ClF3N4O3S2. The van der Waals surface area contributed by atoms with Crippen LogP contribution in [-0.2, 0) is 11.3 Å². The molecule has 1 fully saturated rings. The van der Waals surface area contributed by atoms with E-state index in [4.69, 9.17) is 17.3 Å². The van der Waals surface area contributed by atoms with E-state index < -0.39 is 41.5 Å². The van der Waals surface area contributed by atoms with Gasteiger partial charge in [-0.05, 0) is 6.07 Å². The molecule has 1 aliphatic rings. The minimum absolute atomic E-state index is 0.144. The number of carbonyl (C=O) groups excluding carboxylic acids is 2. The third-order valence-corrected chi connectivity index (χ3v) is 6.55. The summed E-state index contributed by atoms with van der Waals surface area (Å²) in [4.78, 5) is 35.3. The van der Waals surface area contributed by atoms with Crippen molar-refractivity contribution in [3.8, 4) is 11.8 Å². The molecule has 0 saturated carbocycles. The van der Waals surface area contributed by atoms with Gasteiger partial charge in [-0.25, -0.2) is 13.2 Å². The molecule has 2 aromatic rings. The smallest absolute Gasteiger partial charge is 0.286 e. The molecule has 3 heterocycles. The molecule has 0 aliphatic carbocycles. The first-order chi connectivity index (χ1) is 14.6. The highest BCUT2D eigenvalue weighted by Gasteiger charge is 2.26. The number of nitrogens with one attached hydrogen (secondary N) is 2. The Morgan fingerprint density at radius 3 is 2.81 bits per heavy atom. The maximum absolute atomic E-state index is 13.7. The van der Waals surface area contributed by atoms with Crippen molar-refractivity contribution in [1.82, 2.24) is 9.88 Å². The summed E-state index contributed by atoms with van der Waals surface area (Å²) in [6.07, 6.45) is -1.93. The van der Waals surface area contributed by atoms with Gasteiger partial charge in [0, 0.05) is 18.0 Å². The molecule has 1 aliphatic heterocycles. The van der Waals surface area contributed by atoms with Crippen LogP contribution in [0.5, 0.6) is 0 Å². The van der Waals surface area contributed by atoms with Crippen molar-refractivity contribution in [3.63, 3.8) is 0 Å². The van der Waals surface area contributed by atoms with Crippen molar-refractivity contribution in [2.75, 3.05) is 11.1 Å². The van der Waals surface area contributed by atoms with Crippen molar-refractivity contribution < 1.29 is 22.8 Å². The van der Waals surface area contributed by atoms with Gasteiger partial charge in [-0.1, -0.05) is 23.4 Å². The van der Waals surface area contributed by atoms with Crippen LogP contribution in [0.2, 0.25) is 4.34 Å². The maximum atomic E-state index is 13.7. The van der Waals surface area contributed by atoms with Crippen molar-refractivity contribution in [2.45, 2.75) is 24.4 Å². The molecule has 1 saturated heterocycles. The summed E-state index contributed by atoms with van der Waals surface area (Å²) in [5.41, 5.74) is 4.23. The van der Waals surface area contributed by atoms with E-state index in [2.05, 4.69) is 22.5 Å². The van der Waals surface area contributed by atoms with Gasteiger partial charge >= 0.3 is 0 Å². The predicted molar refractivity (Wildman–Crippen MR) is 113 cm³/mol. The molecule has 7 nitrogen and oxygen atoms in total. The number of nitrogens with zero attached hydrogens (tertiary/aromatic N) is 1. The van der Waals surface area contributed by atoms with Crippen LogP contribution >= 0.6 is 34.7 Å². The number of nitrogens with two attached hydrogens (primary N) is 1. The van der Waals surface area contributed by atoms with Crippen LogP contribution in [0, 0.1) is 17.7 Å². The minimum Gasteiger partial charge on any atom is -0.368 e. The number of hydrogen-bond acceptors (Lipinski definition) is 6. The Hall–Kier alpha value is -2.46. The lowest BCUT2D eigenvalue weighted by Crippen LogP contribution is -2.38. The van der Waals surface area contributed by atoms with E-state index in [1.54, 1.807) is 0 Å². The average molecular weight is 491 g/mol. The number of hydrogen-bond donors (Lipinski definition) is 3. The number of carbonyl (C=O) groups is 2. The molecule has 13 heteroatoms. The third-order valence-electron chi connectivity index (χ3n) is 3.97. The zero-order valence-corrected chi connectivity index (χ0v) is 17.8. The topological polar surface area (TPSA) is 106 Å². The van der Waals surface area contributed by atoms with Crippen LogP contribution in [-0.4, -0.2) is 40.0 Å². The number of pyridine rings is 1. The number of thiophene rings is 1. The Morgan fingerprint density at radius 2 is 2.16 bits per heavy atom. The van der Waals surface area contributed by atoms with Gasteiger partial charge in [0.1, 0.15) is 9.71 Å². The molecule has 2 aromatic heterocycles. The van der Waals surface area contributed by atoms with E-state index in [9.17, 15) is 27.6 Å². The second-order valence-electron chi connectivity index (χ2n) is 6.28. The Kier molecular flexibility index (Phi) is 7.32. The molecular weight excluding hydrogens is 477 g/mol. The highest BCUT2D eigenvalue weighted by atomic mass is 35.5. The summed E-state index contributed by atoms with van der Waals surface area (Å²) in [6, 6.07) is 1.89. The fourth-order valence-electron chi connectivity index (χ4n) is 2.59. The molecule has 0 spiro atoms. The van der Waals surface area contributed by atoms with Gasteiger partial charge in [0.2, 0.25) is 5.91 Å². The first-order valence-electron chi connectivity index (χ1n) is 8.61. The van der Waals surface area contributed by atoms with Gasteiger partial charge in [-0.3, -0.25) is 19.7 Å². The van der Waals surface area contributed by atoms with Crippen molar-refractivity contribution in [1.29, 1.82) is 0 Å². The average Bonchev–Trinajstić information content (AvgIpc) is 3.30. The first-order valence-corrected chi connectivity index (χ1v) is 10.9. The Morgan fingerprint density at radius 1 is 1.42 bits per heavy atom. The Bertz CT molecular complexity index is 1140. The van der Waals surface area contributed by atoms with Gasteiger partial charge in [-0.2, -0.15) is 0 Å². The van der Waals surface area contributed by atoms with Crippen LogP contribution in [0.3, 0.4) is 0 Å². The number of aromatic nitrogens is 1. The monoisotopic (exact) mass is 490 g/mol. The van der Waals surface area contributed by atoms with E-state index >= 15 is 0 Å². The second-order valence-corrected chi connectivity index (χ2v) is 9.07. The fourth-order valence-corrected chi connectivity index (χ4v) is 4.67. The lowest BCUT2D eigenvalue weighted by Gasteiger charge is -2.09. The van der Waals surface area contributed by atoms with Gasteiger partial charge in [0.25, 0.3) is 17.9 Å². The molecule has 0 radical (unpaired) electrons. The number of anilines is 1. The summed E-state index contributed by atoms with van der Waals surface area (Å²) < 4.78 is 39.6. The predicted octanol–water partition coefficient (Wildman–Crippen LogP) is 2.09. The van der Waals surface area contributed by atoms with Crippen LogP contribution in [0.1, 0.15) is 15.2 Å². The van der Waals surface area contributed by atoms with E-state index in [0.717, 1.165) is 23.6 Å². The van der Waals surface area contributed by atoms with Crippen molar-refractivity contribution >= 4 is 52.2 Å². The molecule has 2 atom stereocenters. The molecule has 4 N–H and O–H groups in total. The summed E-state index contributed by atoms with van der Waals surface area (Å²) >= 11 is 8.38. The van der Waals surface area contributed by atoms with Crippen LogP contribution in [0.4, 0.5) is 18.9 Å². The molecule has 31 heavy (non-hydrogen) atoms. The molecule has 0 bridgehead atoms. The van der Waals surface area contributed by atoms with E-state index in [1.165, 1.54) is 17.8 Å². The molecule has 2 amide bonds. The molecule has 0 aromatic carbocycles. The SMILES string of the molecule is NC(=O)C1NC(C#Cc2cc(C(=O)Nc3cc(F)c(=O)n(CC(F)F)c3)sc2Cl)CS1. The van der Waals surface area contributed by atoms with Gasteiger partial charge in [-0.15, -0.1) is 23.1 Å². The van der Waals surface area contributed by atoms with Crippen LogP contribution in [0.15, 0.2) is 23.1 Å². The van der Waals surface area contributed by atoms with Crippen molar-refractivity contribution in [3.05, 3.63) is 49.3 Å². The molecule has 3 rings (SSSR count). The highest BCUT2D eigenvalue weighted by molar-refractivity contribution is 8.00. The minimum atomic E-state index is -2.87. The number of halogens is 4. The van der Waals surface area contributed by atoms with E-state index in [-0.39, 0.29) is 20.9 Å². The Labute approximate surface area is 187 Å². The number of thioether (sulfide) groups is 1. The summed E-state index contributed by atoms with van der Waals surface area (Å²) in [5, 5.41) is 4.78. The lowest BCUT2D eigenvalue weighted by atomic mass is 10.2. The summed E-state index contributed by atoms with van der Waals surface area (Å²) in [7, 11) is 0. The number of rotatable bonds is 5. The van der Waals surface area contributed by atoms with Crippen LogP contribution in [0.25, 0.3) is 0 Å². The number of primary amides is 1. The second kappa shape index (κ2) is 9.78. The maximum Gasteiger partial charge on any atom is 0.286 e. The summed E-state index contributed by atoms with van der Waals surface area (Å²) in [6.45, 7) is -1.01. The van der Waals surface area contributed by atoms with E-state index in [0.29, 0.717) is 15.9 Å². The quantitative estimate of drug-likeness (QED) is 0.556. The summed E-state index contributed by atoms with van der Waals surface area (Å²) in [5.74, 6) is 3.85. The lowest BCUT2D eigenvalue weighted by molar-refractivity contribution is -0.117. The normalized spacial score (nSPS) is 18.0. The highest BCUT2D eigenvalue weighted by Crippen LogP contribution is 2.28. The largest absolute Gasteiger partial charge is 0.368 e.